The number of anilines is 2. The van der Waals surface area contributed by atoms with Crippen LogP contribution in [-0.4, -0.2) is 21.9 Å². The Morgan fingerprint density at radius 1 is 1.12 bits per heavy atom. The van der Waals surface area contributed by atoms with Crippen LogP contribution in [0, 0.1) is 18.6 Å². The Balaban J connectivity index is 1.79. The number of carbonyl (C=O) groups is 1. The third-order valence-electron chi connectivity index (χ3n) is 4.23. The van der Waals surface area contributed by atoms with Gasteiger partial charge in [0.2, 0.25) is 5.95 Å². The van der Waals surface area contributed by atoms with Gasteiger partial charge < -0.3 is 10.6 Å². The number of rotatable bonds is 4. The van der Waals surface area contributed by atoms with Gasteiger partial charge in [0.15, 0.2) is 0 Å². The lowest BCUT2D eigenvalue weighted by molar-refractivity contribution is 0.0922. The van der Waals surface area contributed by atoms with Crippen LogP contribution in [0.4, 0.5) is 20.4 Å². The molecule has 2 N–H and O–H groups in total. The molecule has 1 fully saturated rings. The van der Waals surface area contributed by atoms with Gasteiger partial charge in [0.1, 0.15) is 23.0 Å². The Bertz CT molecular complexity index is 755. The van der Waals surface area contributed by atoms with Gasteiger partial charge in [-0.3, -0.25) is 4.79 Å². The van der Waals surface area contributed by atoms with Crippen LogP contribution in [0.15, 0.2) is 24.3 Å². The minimum absolute atomic E-state index is 0.0159. The fourth-order valence-corrected chi connectivity index (χ4v) is 2.98. The van der Waals surface area contributed by atoms with Gasteiger partial charge >= 0.3 is 0 Å². The first-order valence-electron chi connectivity index (χ1n) is 8.40. The minimum atomic E-state index is -0.752. The van der Waals surface area contributed by atoms with Crippen molar-refractivity contribution >= 4 is 17.5 Å². The molecular formula is C18H20F2N4O. The van der Waals surface area contributed by atoms with Crippen LogP contribution in [0.3, 0.4) is 0 Å². The zero-order valence-corrected chi connectivity index (χ0v) is 14.0. The van der Waals surface area contributed by atoms with Gasteiger partial charge in [0, 0.05) is 11.7 Å². The van der Waals surface area contributed by atoms with Gasteiger partial charge in [-0.25, -0.2) is 18.7 Å². The minimum Gasteiger partial charge on any atom is -0.348 e. The van der Waals surface area contributed by atoms with Crippen molar-refractivity contribution in [3.63, 3.8) is 0 Å². The van der Waals surface area contributed by atoms with Crippen molar-refractivity contribution in [2.45, 2.75) is 45.1 Å². The largest absolute Gasteiger partial charge is 0.348 e. The second kappa shape index (κ2) is 7.55. The predicted octanol–water partition coefficient (Wildman–Crippen LogP) is 3.87. The molecule has 1 saturated carbocycles. The second-order valence-corrected chi connectivity index (χ2v) is 6.25. The number of hydrogen-bond acceptors (Lipinski definition) is 4. The summed E-state index contributed by atoms with van der Waals surface area (Å²) < 4.78 is 27.5. The number of carbonyl (C=O) groups excluding carboxylic acids is 1. The van der Waals surface area contributed by atoms with Gasteiger partial charge in [-0.05, 0) is 38.0 Å². The van der Waals surface area contributed by atoms with Crippen molar-refractivity contribution in [2.75, 3.05) is 5.32 Å². The molecule has 1 aliphatic carbocycles. The number of aryl methyl sites for hydroxylation is 1. The fraction of sp³-hybridized carbons (Fsp3) is 0.389. The molecule has 0 aliphatic heterocycles. The highest BCUT2D eigenvalue weighted by molar-refractivity contribution is 5.92. The molecule has 0 atom stereocenters. The van der Waals surface area contributed by atoms with Gasteiger partial charge in [-0.2, -0.15) is 0 Å². The Morgan fingerprint density at radius 3 is 2.48 bits per heavy atom. The molecule has 5 nitrogen and oxygen atoms in total. The Kier molecular flexibility index (Phi) is 5.21. The van der Waals surface area contributed by atoms with Gasteiger partial charge in [0.05, 0.1) is 0 Å². The van der Waals surface area contributed by atoms with Crippen molar-refractivity contribution in [3.8, 4) is 0 Å². The van der Waals surface area contributed by atoms with E-state index in [1.165, 1.54) is 12.5 Å². The number of hydrogen-bond donors (Lipinski definition) is 2. The highest BCUT2D eigenvalue weighted by Gasteiger charge is 2.19. The monoisotopic (exact) mass is 346 g/mol. The van der Waals surface area contributed by atoms with E-state index >= 15 is 0 Å². The quantitative estimate of drug-likeness (QED) is 0.882. The van der Waals surface area contributed by atoms with E-state index in [0.717, 1.165) is 37.8 Å². The van der Waals surface area contributed by atoms with E-state index in [4.69, 9.17) is 0 Å². The van der Waals surface area contributed by atoms with E-state index < -0.39 is 11.6 Å². The van der Waals surface area contributed by atoms with E-state index in [1.54, 1.807) is 13.0 Å². The first-order valence-corrected chi connectivity index (χ1v) is 8.40. The summed E-state index contributed by atoms with van der Waals surface area (Å²) in [4.78, 5) is 20.6. The maximum atomic E-state index is 13.8. The molecule has 1 aromatic carbocycles. The van der Waals surface area contributed by atoms with Crippen LogP contribution < -0.4 is 10.6 Å². The van der Waals surface area contributed by atoms with Crippen LogP contribution in [0.5, 0.6) is 0 Å². The Morgan fingerprint density at radius 2 is 1.80 bits per heavy atom. The van der Waals surface area contributed by atoms with Crippen LogP contribution in [-0.2, 0) is 0 Å². The normalized spacial score (nSPS) is 15.0. The van der Waals surface area contributed by atoms with E-state index in [9.17, 15) is 13.6 Å². The molecule has 132 valence electrons. The smallest absolute Gasteiger partial charge is 0.270 e. The van der Waals surface area contributed by atoms with Gasteiger partial charge in [0.25, 0.3) is 5.91 Å². The Labute approximate surface area is 144 Å². The lowest BCUT2D eigenvalue weighted by Gasteiger charge is -2.22. The molecule has 0 spiro atoms. The zero-order valence-electron chi connectivity index (χ0n) is 14.0. The maximum absolute atomic E-state index is 13.8. The number of amides is 1. The average molecular weight is 346 g/mol. The number of nitrogens with zero attached hydrogens (tertiary/aromatic N) is 2. The summed E-state index contributed by atoms with van der Waals surface area (Å²) in [7, 11) is 0. The molecule has 1 amide bonds. The van der Waals surface area contributed by atoms with E-state index in [1.807, 2.05) is 0 Å². The molecule has 0 saturated heterocycles. The standard InChI is InChI=1S/C18H20F2N4O/c1-11-10-15(17(25)22-12-6-3-2-4-7-12)23-18(21-11)24-16-13(19)8-5-9-14(16)20/h5,8-10,12H,2-4,6-7H2,1H3,(H,22,25)(H,21,23,24). The summed E-state index contributed by atoms with van der Waals surface area (Å²) in [6, 6.07) is 5.25. The van der Waals surface area contributed by atoms with Gasteiger partial charge in [-0.15, -0.1) is 0 Å². The molecule has 0 unspecified atom stereocenters. The molecule has 1 heterocycles. The molecule has 7 heteroatoms. The SMILES string of the molecule is Cc1cc(C(=O)NC2CCCCC2)nc(Nc2c(F)cccc2F)n1. The third-order valence-corrected chi connectivity index (χ3v) is 4.23. The molecule has 2 aromatic rings. The molecule has 3 rings (SSSR count). The van der Waals surface area contributed by atoms with Crippen molar-refractivity contribution in [3.05, 3.63) is 47.3 Å². The maximum Gasteiger partial charge on any atom is 0.270 e. The number of aromatic nitrogens is 2. The third kappa shape index (κ3) is 4.29. The van der Waals surface area contributed by atoms with Crippen molar-refractivity contribution in [1.29, 1.82) is 0 Å². The summed E-state index contributed by atoms with van der Waals surface area (Å²) >= 11 is 0. The van der Waals surface area contributed by atoms with E-state index in [2.05, 4.69) is 20.6 Å². The summed E-state index contributed by atoms with van der Waals surface area (Å²) in [5, 5.41) is 5.50. The molecule has 1 aliphatic rings. The summed E-state index contributed by atoms with van der Waals surface area (Å²) in [5.74, 6) is -1.82. The molecule has 25 heavy (non-hydrogen) atoms. The van der Waals surface area contributed by atoms with Crippen molar-refractivity contribution in [2.24, 2.45) is 0 Å². The van der Waals surface area contributed by atoms with Crippen LogP contribution >= 0.6 is 0 Å². The lowest BCUT2D eigenvalue weighted by atomic mass is 9.95. The number of halogens is 2. The number of para-hydroxylation sites is 1. The summed E-state index contributed by atoms with van der Waals surface area (Å²) in [6.07, 6.45) is 5.32. The van der Waals surface area contributed by atoms with Crippen molar-refractivity contribution in [1.82, 2.24) is 15.3 Å². The van der Waals surface area contributed by atoms with Gasteiger partial charge in [-0.1, -0.05) is 25.3 Å². The van der Waals surface area contributed by atoms with Crippen LogP contribution in [0.2, 0.25) is 0 Å². The van der Waals surface area contributed by atoms with E-state index in [0.29, 0.717) is 5.69 Å². The number of benzene rings is 1. The topological polar surface area (TPSA) is 66.9 Å². The zero-order chi connectivity index (χ0) is 17.8. The number of nitrogens with one attached hydrogen (secondary N) is 2. The highest BCUT2D eigenvalue weighted by Crippen LogP contribution is 2.22. The molecule has 0 radical (unpaired) electrons. The second-order valence-electron chi connectivity index (χ2n) is 6.25. The summed E-state index contributed by atoms with van der Waals surface area (Å²) in [5.41, 5.74) is 0.368. The average Bonchev–Trinajstić information content (AvgIpc) is 2.59. The lowest BCUT2D eigenvalue weighted by Crippen LogP contribution is -2.36. The van der Waals surface area contributed by atoms with Crippen molar-refractivity contribution < 1.29 is 13.6 Å². The van der Waals surface area contributed by atoms with Crippen LogP contribution in [0.25, 0.3) is 0 Å². The predicted molar refractivity (Wildman–Crippen MR) is 90.7 cm³/mol. The fourth-order valence-electron chi connectivity index (χ4n) is 2.98. The first-order chi connectivity index (χ1) is 12.0. The molecular weight excluding hydrogens is 326 g/mol. The Hall–Kier alpha value is -2.57. The van der Waals surface area contributed by atoms with Crippen LogP contribution in [0.1, 0.15) is 48.3 Å². The molecule has 0 bridgehead atoms. The van der Waals surface area contributed by atoms with E-state index in [-0.39, 0.29) is 29.3 Å². The molecule has 1 aromatic heterocycles. The first kappa shape index (κ1) is 17.3. The summed E-state index contributed by atoms with van der Waals surface area (Å²) in [6.45, 7) is 1.70. The highest BCUT2D eigenvalue weighted by atomic mass is 19.1.